The molecule has 0 unspecified atom stereocenters. The van der Waals surface area contributed by atoms with Crippen LogP contribution in [0.4, 0.5) is 5.69 Å². The summed E-state index contributed by atoms with van der Waals surface area (Å²) >= 11 is 0. The molecule has 1 aliphatic heterocycles. The van der Waals surface area contributed by atoms with Crippen molar-refractivity contribution < 1.29 is 0 Å². The summed E-state index contributed by atoms with van der Waals surface area (Å²) in [6.07, 6.45) is 5.45. The summed E-state index contributed by atoms with van der Waals surface area (Å²) in [6, 6.07) is 5.99. The van der Waals surface area contributed by atoms with E-state index in [1.54, 1.807) is 6.20 Å². The van der Waals surface area contributed by atoms with Gasteiger partial charge in [0, 0.05) is 25.0 Å². The average molecular weight is 229 g/mol. The Morgan fingerprint density at radius 1 is 1.47 bits per heavy atom. The largest absolute Gasteiger partial charge is 0.371 e. The minimum Gasteiger partial charge on any atom is -0.371 e. The summed E-state index contributed by atoms with van der Waals surface area (Å²) in [5, 5.41) is 8.87. The molecular weight excluding hydrogens is 210 g/mol. The molecule has 1 saturated heterocycles. The Kier molecular flexibility index (Phi) is 3.33. The standard InChI is InChI=1S/C14H19N3/c1-3-14(4-2)6-8-17(11-14)13-5-7-16-12(9-13)10-15/h5,7,9H,3-4,6,8,11H2,1-2H3. The predicted octanol–water partition coefficient (Wildman–Crippen LogP) is 2.97. The van der Waals surface area contributed by atoms with Gasteiger partial charge in [0.2, 0.25) is 0 Å². The zero-order valence-corrected chi connectivity index (χ0v) is 10.6. The fraction of sp³-hybridized carbons (Fsp3) is 0.571. The van der Waals surface area contributed by atoms with Crippen molar-refractivity contribution >= 4 is 5.69 Å². The van der Waals surface area contributed by atoms with E-state index >= 15 is 0 Å². The van der Waals surface area contributed by atoms with Crippen molar-refractivity contribution in [2.24, 2.45) is 5.41 Å². The predicted molar refractivity (Wildman–Crippen MR) is 68.8 cm³/mol. The van der Waals surface area contributed by atoms with Crippen molar-refractivity contribution in [1.29, 1.82) is 5.26 Å². The van der Waals surface area contributed by atoms with Crippen LogP contribution >= 0.6 is 0 Å². The Hall–Kier alpha value is -1.56. The molecule has 1 fully saturated rings. The number of nitrogens with zero attached hydrogens (tertiary/aromatic N) is 3. The SMILES string of the molecule is CCC1(CC)CCN(c2ccnc(C#N)c2)C1. The summed E-state index contributed by atoms with van der Waals surface area (Å²) in [6.45, 7) is 6.76. The van der Waals surface area contributed by atoms with Gasteiger partial charge in [-0.1, -0.05) is 13.8 Å². The highest BCUT2D eigenvalue weighted by molar-refractivity contribution is 5.50. The Balaban J connectivity index is 2.18. The smallest absolute Gasteiger partial charge is 0.142 e. The van der Waals surface area contributed by atoms with Gasteiger partial charge in [0.1, 0.15) is 11.8 Å². The lowest BCUT2D eigenvalue weighted by Crippen LogP contribution is -2.26. The van der Waals surface area contributed by atoms with Crippen molar-refractivity contribution in [2.75, 3.05) is 18.0 Å². The topological polar surface area (TPSA) is 39.9 Å². The minimum absolute atomic E-state index is 0.468. The van der Waals surface area contributed by atoms with Gasteiger partial charge in [-0.3, -0.25) is 0 Å². The highest BCUT2D eigenvalue weighted by atomic mass is 15.2. The molecule has 0 amide bonds. The van der Waals surface area contributed by atoms with Crippen molar-refractivity contribution in [3.8, 4) is 6.07 Å². The molecule has 1 aliphatic rings. The first-order valence-electron chi connectivity index (χ1n) is 6.34. The van der Waals surface area contributed by atoms with Crippen LogP contribution in [0.25, 0.3) is 0 Å². The lowest BCUT2D eigenvalue weighted by molar-refractivity contribution is 0.301. The first-order valence-corrected chi connectivity index (χ1v) is 6.34. The number of hydrogen-bond acceptors (Lipinski definition) is 3. The first-order chi connectivity index (χ1) is 8.23. The highest BCUT2D eigenvalue weighted by Gasteiger charge is 2.34. The molecule has 0 radical (unpaired) electrons. The van der Waals surface area contributed by atoms with Gasteiger partial charge in [-0.25, -0.2) is 4.98 Å². The van der Waals surface area contributed by atoms with E-state index in [1.165, 1.54) is 19.3 Å². The van der Waals surface area contributed by atoms with Crippen LogP contribution in [0, 0.1) is 16.7 Å². The van der Waals surface area contributed by atoms with E-state index in [-0.39, 0.29) is 0 Å². The second-order valence-corrected chi connectivity index (χ2v) is 4.89. The zero-order valence-electron chi connectivity index (χ0n) is 10.6. The average Bonchev–Trinajstić information content (AvgIpc) is 2.84. The third kappa shape index (κ3) is 2.26. The molecule has 1 aromatic rings. The summed E-state index contributed by atoms with van der Waals surface area (Å²) < 4.78 is 0. The monoisotopic (exact) mass is 229 g/mol. The van der Waals surface area contributed by atoms with Gasteiger partial charge < -0.3 is 4.90 Å². The molecule has 3 nitrogen and oxygen atoms in total. The van der Waals surface area contributed by atoms with Crippen LogP contribution in [0.1, 0.15) is 38.8 Å². The number of rotatable bonds is 3. The van der Waals surface area contributed by atoms with Gasteiger partial charge in [-0.2, -0.15) is 5.26 Å². The second-order valence-electron chi connectivity index (χ2n) is 4.89. The molecule has 0 aromatic carbocycles. The normalized spacial score (nSPS) is 18.1. The van der Waals surface area contributed by atoms with Crippen molar-refractivity contribution in [2.45, 2.75) is 33.1 Å². The molecule has 2 rings (SSSR count). The van der Waals surface area contributed by atoms with Crippen LogP contribution in [0.5, 0.6) is 0 Å². The fourth-order valence-electron chi connectivity index (χ4n) is 2.66. The summed E-state index contributed by atoms with van der Waals surface area (Å²) in [7, 11) is 0. The summed E-state index contributed by atoms with van der Waals surface area (Å²) in [5.74, 6) is 0. The molecule has 90 valence electrons. The van der Waals surface area contributed by atoms with Crippen molar-refractivity contribution in [3.05, 3.63) is 24.0 Å². The van der Waals surface area contributed by atoms with E-state index in [2.05, 4.69) is 29.8 Å². The van der Waals surface area contributed by atoms with Crippen LogP contribution in [-0.4, -0.2) is 18.1 Å². The second kappa shape index (κ2) is 4.75. The quantitative estimate of drug-likeness (QED) is 0.800. The van der Waals surface area contributed by atoms with E-state index in [9.17, 15) is 0 Å². The van der Waals surface area contributed by atoms with Gasteiger partial charge in [0.05, 0.1) is 0 Å². The highest BCUT2D eigenvalue weighted by Crippen LogP contribution is 2.38. The van der Waals surface area contributed by atoms with E-state index < -0.39 is 0 Å². The van der Waals surface area contributed by atoms with Gasteiger partial charge in [0.25, 0.3) is 0 Å². The Bertz CT molecular complexity index is 429. The lowest BCUT2D eigenvalue weighted by atomic mass is 9.82. The maximum atomic E-state index is 8.87. The van der Waals surface area contributed by atoms with Gasteiger partial charge in [-0.05, 0) is 36.8 Å². The van der Waals surface area contributed by atoms with Crippen LogP contribution in [0.2, 0.25) is 0 Å². The molecule has 2 heterocycles. The molecule has 0 bridgehead atoms. The molecule has 0 saturated carbocycles. The van der Waals surface area contributed by atoms with E-state index in [1.807, 2.05) is 12.1 Å². The maximum Gasteiger partial charge on any atom is 0.142 e. The number of pyridine rings is 1. The van der Waals surface area contributed by atoms with Gasteiger partial charge in [-0.15, -0.1) is 0 Å². The van der Waals surface area contributed by atoms with Crippen LogP contribution < -0.4 is 4.90 Å². The Labute approximate surface area is 103 Å². The molecule has 1 aromatic heterocycles. The molecule has 0 spiro atoms. The van der Waals surface area contributed by atoms with Crippen LogP contribution in [0.15, 0.2) is 18.3 Å². The number of nitriles is 1. The van der Waals surface area contributed by atoms with Gasteiger partial charge >= 0.3 is 0 Å². The van der Waals surface area contributed by atoms with E-state index in [0.717, 1.165) is 18.8 Å². The lowest BCUT2D eigenvalue weighted by Gasteiger charge is -2.27. The Morgan fingerprint density at radius 3 is 2.82 bits per heavy atom. The third-order valence-corrected chi connectivity index (χ3v) is 4.16. The first kappa shape index (κ1) is 11.9. The zero-order chi connectivity index (χ0) is 12.3. The van der Waals surface area contributed by atoms with E-state index in [0.29, 0.717) is 11.1 Å². The number of aromatic nitrogens is 1. The third-order valence-electron chi connectivity index (χ3n) is 4.16. The Morgan fingerprint density at radius 2 is 2.24 bits per heavy atom. The summed E-state index contributed by atoms with van der Waals surface area (Å²) in [4.78, 5) is 6.40. The van der Waals surface area contributed by atoms with Crippen molar-refractivity contribution in [1.82, 2.24) is 4.98 Å². The van der Waals surface area contributed by atoms with E-state index in [4.69, 9.17) is 5.26 Å². The fourth-order valence-corrected chi connectivity index (χ4v) is 2.66. The maximum absolute atomic E-state index is 8.87. The number of anilines is 1. The minimum atomic E-state index is 0.468. The van der Waals surface area contributed by atoms with Crippen molar-refractivity contribution in [3.63, 3.8) is 0 Å². The molecule has 0 aliphatic carbocycles. The number of hydrogen-bond donors (Lipinski definition) is 0. The van der Waals surface area contributed by atoms with Crippen LogP contribution in [0.3, 0.4) is 0 Å². The molecule has 3 heteroatoms. The molecule has 17 heavy (non-hydrogen) atoms. The molecule has 0 N–H and O–H groups in total. The molecule has 0 atom stereocenters. The van der Waals surface area contributed by atoms with Gasteiger partial charge in [0.15, 0.2) is 0 Å². The summed E-state index contributed by atoms with van der Waals surface area (Å²) in [5.41, 5.74) is 2.11. The van der Waals surface area contributed by atoms with Crippen LogP contribution in [-0.2, 0) is 0 Å². The molecular formula is C14H19N3.